The van der Waals surface area contributed by atoms with Gasteiger partial charge in [0, 0.05) is 35.8 Å². The summed E-state index contributed by atoms with van der Waals surface area (Å²) in [5, 5.41) is 23.4. The van der Waals surface area contributed by atoms with Gasteiger partial charge in [-0.3, -0.25) is 14.4 Å². The van der Waals surface area contributed by atoms with E-state index in [9.17, 15) is 24.6 Å². The van der Waals surface area contributed by atoms with E-state index in [1.165, 1.54) is 5.57 Å². The molecule has 3 aliphatic carbocycles. The second-order valence-electron chi connectivity index (χ2n) is 15.1. The molecule has 6 atom stereocenters. The van der Waals surface area contributed by atoms with Crippen LogP contribution in [0.3, 0.4) is 0 Å². The van der Waals surface area contributed by atoms with Gasteiger partial charge in [-0.1, -0.05) is 29.4 Å². The zero-order chi connectivity index (χ0) is 34.3. The smallest absolute Gasteiger partial charge is 0.298 e. The van der Waals surface area contributed by atoms with Gasteiger partial charge in [0.25, 0.3) is 6.47 Å². The molecule has 3 aliphatic heterocycles. The predicted octanol–water partition coefficient (Wildman–Crippen LogP) is 6.70. The van der Waals surface area contributed by atoms with Crippen LogP contribution in [0.4, 0.5) is 0 Å². The molecule has 7 rings (SSSR count). The molecule has 1 saturated carbocycles. The highest BCUT2D eigenvalue weighted by atomic mass is 16.6. The average molecular weight is 647 g/mol. The van der Waals surface area contributed by atoms with Crippen molar-refractivity contribution in [2.75, 3.05) is 0 Å². The van der Waals surface area contributed by atoms with Gasteiger partial charge in [0.2, 0.25) is 0 Å². The predicted molar refractivity (Wildman–Crippen MR) is 174 cm³/mol. The minimum absolute atomic E-state index is 0.0137. The largest absolute Gasteiger partial charge is 0.506 e. The van der Waals surface area contributed by atoms with E-state index in [1.54, 1.807) is 19.1 Å². The topological polar surface area (TPSA) is 129 Å². The molecule has 3 heterocycles. The monoisotopic (exact) mass is 646 g/mol. The van der Waals surface area contributed by atoms with Crippen molar-refractivity contribution < 1.29 is 43.5 Å². The van der Waals surface area contributed by atoms with Gasteiger partial charge in [-0.15, -0.1) is 0 Å². The molecule has 9 nitrogen and oxygen atoms in total. The second kappa shape index (κ2) is 11.2. The van der Waals surface area contributed by atoms with E-state index in [4.69, 9.17) is 18.9 Å². The number of benzene rings is 1. The lowest BCUT2D eigenvalue weighted by Gasteiger charge is -2.56. The van der Waals surface area contributed by atoms with Gasteiger partial charge in [0.05, 0.1) is 17.3 Å². The summed E-state index contributed by atoms with van der Waals surface area (Å²) in [6.07, 6.45) is 8.73. The number of allylic oxidation sites excluding steroid dienone is 6. The van der Waals surface area contributed by atoms with Crippen molar-refractivity contribution in [2.45, 2.75) is 122 Å². The number of ether oxygens (including phenoxy) is 4. The van der Waals surface area contributed by atoms with E-state index < -0.39 is 40.2 Å². The number of aliphatic hydroxyl groups excluding tert-OH is 1. The van der Waals surface area contributed by atoms with Crippen molar-refractivity contribution in [1.82, 2.24) is 0 Å². The molecule has 2 fully saturated rings. The third-order valence-corrected chi connectivity index (χ3v) is 10.8. The number of rotatable bonds is 9. The first-order chi connectivity index (χ1) is 22.0. The van der Waals surface area contributed by atoms with E-state index in [2.05, 4.69) is 6.08 Å². The molecule has 1 aromatic rings. The van der Waals surface area contributed by atoms with Gasteiger partial charge < -0.3 is 29.2 Å². The van der Waals surface area contributed by atoms with Crippen molar-refractivity contribution in [3.63, 3.8) is 0 Å². The van der Waals surface area contributed by atoms with Crippen LogP contribution < -0.4 is 9.47 Å². The Bertz CT molecular complexity index is 1680. The molecule has 0 radical (unpaired) electrons. The molecule has 0 amide bonds. The maximum Gasteiger partial charge on any atom is 0.298 e. The number of phenolic OH excluding ortho intramolecular Hbond substituents is 1. The number of phenols is 1. The van der Waals surface area contributed by atoms with Crippen molar-refractivity contribution >= 4 is 18.0 Å². The zero-order valence-electron chi connectivity index (χ0n) is 28.6. The highest BCUT2D eigenvalue weighted by Gasteiger charge is 2.81. The van der Waals surface area contributed by atoms with Crippen molar-refractivity contribution in [3.05, 3.63) is 63.5 Å². The minimum Gasteiger partial charge on any atom is -0.506 e. The maximum atomic E-state index is 14.8. The standard InChI is InChI=1S/C38H46O9/c1-20(2)10-9-14-36(8)18-26(40)28-31(42)29-30(41)25-16-23-17-27-35(6,7)47-37(34(23)43,15-13-22(5)44-19-39)38(25,27)46-33(29)24(32(28)45-36)12-11-21(3)4/h10-11,13,16,19,23,26-27,40,42H,9,12,14-15,17-18H2,1-8H3/b22-13-/t23-,26+,27?,36-,37?,38-/m1/s1. The molecule has 9 heteroatoms. The second-order valence-corrected chi connectivity index (χ2v) is 15.1. The fourth-order valence-electron chi connectivity index (χ4n) is 8.66. The third kappa shape index (κ3) is 4.83. The van der Waals surface area contributed by atoms with Crippen LogP contribution in [0, 0.1) is 11.8 Å². The van der Waals surface area contributed by atoms with Crippen LogP contribution in [-0.4, -0.2) is 50.7 Å². The molecule has 1 spiro atoms. The van der Waals surface area contributed by atoms with Gasteiger partial charge in [-0.05, 0) is 87.1 Å². The van der Waals surface area contributed by atoms with Crippen LogP contribution in [0.5, 0.6) is 17.2 Å². The van der Waals surface area contributed by atoms with Crippen LogP contribution in [0.15, 0.2) is 46.8 Å². The summed E-state index contributed by atoms with van der Waals surface area (Å²) >= 11 is 0. The van der Waals surface area contributed by atoms with Crippen LogP contribution in [-0.2, 0) is 25.5 Å². The first-order valence-electron chi connectivity index (χ1n) is 16.5. The SMILES string of the molecule is CC(C)=CCC[C@]1(C)C[C@H](O)c2c(O)c3c(c(CC=C(C)C)c2O1)O[C@]12C(=C[C@@H]4CC1C(C)(C)OC2(C/C=C(/C)OC=O)C4=O)C3=O. The summed E-state index contributed by atoms with van der Waals surface area (Å²) in [4.78, 5) is 40.2. The Morgan fingerprint density at radius 1 is 1.02 bits per heavy atom. The van der Waals surface area contributed by atoms with Crippen LogP contribution in [0.25, 0.3) is 0 Å². The highest BCUT2D eigenvalue weighted by Crippen LogP contribution is 2.69. The molecule has 2 unspecified atom stereocenters. The van der Waals surface area contributed by atoms with Gasteiger partial charge in [-0.25, -0.2) is 0 Å². The molecule has 252 valence electrons. The van der Waals surface area contributed by atoms with E-state index in [1.807, 2.05) is 54.5 Å². The number of Topliss-reactive ketones (excluding diaryl/α,β-unsaturated/α-hetero) is 2. The molecular weight excluding hydrogens is 600 g/mol. The Morgan fingerprint density at radius 3 is 2.38 bits per heavy atom. The Morgan fingerprint density at radius 2 is 1.72 bits per heavy atom. The van der Waals surface area contributed by atoms with Gasteiger partial charge >= 0.3 is 0 Å². The van der Waals surface area contributed by atoms with E-state index in [-0.39, 0.29) is 52.7 Å². The zero-order valence-corrected chi connectivity index (χ0v) is 28.6. The summed E-state index contributed by atoms with van der Waals surface area (Å²) < 4.78 is 25.7. The number of hydrogen-bond donors (Lipinski definition) is 2. The van der Waals surface area contributed by atoms with Crippen LogP contribution in [0.2, 0.25) is 0 Å². The third-order valence-electron chi connectivity index (χ3n) is 10.8. The maximum absolute atomic E-state index is 14.8. The summed E-state index contributed by atoms with van der Waals surface area (Å²) in [6, 6.07) is 0. The Hall–Kier alpha value is -3.69. The molecule has 1 saturated heterocycles. The van der Waals surface area contributed by atoms with Gasteiger partial charge in [0.1, 0.15) is 34.2 Å². The Kier molecular flexibility index (Phi) is 7.91. The molecule has 0 aromatic heterocycles. The number of carbonyl (C=O) groups excluding carboxylic acids is 3. The van der Waals surface area contributed by atoms with Crippen molar-refractivity contribution in [2.24, 2.45) is 11.8 Å². The number of fused-ring (bicyclic) bond motifs is 2. The van der Waals surface area contributed by atoms with E-state index in [0.29, 0.717) is 42.8 Å². The van der Waals surface area contributed by atoms with Crippen molar-refractivity contribution in [3.8, 4) is 17.2 Å². The number of aromatic hydroxyl groups is 1. The number of ketones is 2. The average Bonchev–Trinajstić information content (AvgIpc) is 3.12. The molecule has 6 aliphatic rings. The first-order valence-corrected chi connectivity index (χ1v) is 16.5. The lowest BCUT2D eigenvalue weighted by atomic mass is 9.51. The van der Waals surface area contributed by atoms with Gasteiger partial charge in [-0.2, -0.15) is 0 Å². The number of aliphatic hydroxyl groups is 1. The molecular formula is C38H46O9. The van der Waals surface area contributed by atoms with E-state index >= 15 is 0 Å². The summed E-state index contributed by atoms with van der Waals surface area (Å²) in [5.74, 6) is -1.23. The normalized spacial score (nSPS) is 32.7. The van der Waals surface area contributed by atoms with Gasteiger partial charge in [0.15, 0.2) is 22.8 Å². The molecule has 2 N–H and O–H groups in total. The minimum atomic E-state index is -1.59. The summed E-state index contributed by atoms with van der Waals surface area (Å²) in [5.41, 5.74) is -1.54. The lowest BCUT2D eigenvalue weighted by Crippen LogP contribution is -2.72. The Labute approximate surface area is 276 Å². The quantitative estimate of drug-likeness (QED) is 0.171. The fourth-order valence-corrected chi connectivity index (χ4v) is 8.66. The number of hydrogen-bond acceptors (Lipinski definition) is 9. The lowest BCUT2D eigenvalue weighted by molar-refractivity contribution is -0.171. The molecule has 4 bridgehead atoms. The molecule has 1 aromatic carbocycles. The Balaban J connectivity index is 1.59. The van der Waals surface area contributed by atoms with E-state index in [0.717, 1.165) is 12.0 Å². The fraction of sp³-hybridized carbons (Fsp3) is 0.553. The first kappa shape index (κ1) is 33.2. The highest BCUT2D eigenvalue weighted by molar-refractivity contribution is 6.18. The summed E-state index contributed by atoms with van der Waals surface area (Å²) in [6.45, 7) is 15.7. The summed E-state index contributed by atoms with van der Waals surface area (Å²) in [7, 11) is 0. The van der Waals surface area contributed by atoms with Crippen LogP contribution >= 0.6 is 0 Å². The van der Waals surface area contributed by atoms with Crippen molar-refractivity contribution in [1.29, 1.82) is 0 Å². The number of carbonyl (C=O) groups is 3. The van der Waals surface area contributed by atoms with Crippen LogP contribution in [0.1, 0.15) is 115 Å². The molecule has 47 heavy (non-hydrogen) atoms.